The van der Waals surface area contributed by atoms with E-state index >= 15 is 0 Å². The minimum atomic E-state index is -0.222. The largest absolute Gasteiger partial charge is 0.490 e. The van der Waals surface area contributed by atoms with Crippen molar-refractivity contribution in [3.63, 3.8) is 0 Å². The number of carbonyl (C=O) groups excluding carboxylic acids is 1. The predicted molar refractivity (Wildman–Crippen MR) is 129 cm³/mol. The monoisotopic (exact) mass is 444 g/mol. The smallest absolute Gasteiger partial charge is 0.259 e. The lowest BCUT2D eigenvalue weighted by molar-refractivity contribution is 0.102. The number of rotatable bonds is 7. The van der Waals surface area contributed by atoms with E-state index in [1.54, 1.807) is 10.7 Å². The van der Waals surface area contributed by atoms with Gasteiger partial charge in [0.15, 0.2) is 17.1 Å². The quantitative estimate of drug-likeness (QED) is 0.415. The van der Waals surface area contributed by atoms with Crippen LogP contribution in [0.25, 0.3) is 16.8 Å². The number of anilines is 1. The summed E-state index contributed by atoms with van der Waals surface area (Å²) in [5.74, 6) is 1.16. The second-order valence-corrected chi connectivity index (χ2v) is 7.80. The van der Waals surface area contributed by atoms with Gasteiger partial charge in [-0.2, -0.15) is 5.10 Å². The summed E-state index contributed by atoms with van der Waals surface area (Å²) in [5, 5.41) is 7.62. The van der Waals surface area contributed by atoms with Gasteiger partial charge in [0.1, 0.15) is 0 Å². The third kappa shape index (κ3) is 4.39. The average Bonchev–Trinajstić information content (AvgIpc) is 3.14. The van der Waals surface area contributed by atoms with E-state index in [1.807, 2.05) is 77.1 Å². The number of hydrogen-bond acceptors (Lipinski definition) is 5. The van der Waals surface area contributed by atoms with Crippen LogP contribution in [-0.2, 0) is 0 Å². The molecule has 0 bridgehead atoms. The third-order valence-corrected chi connectivity index (χ3v) is 5.45. The molecule has 4 rings (SSSR count). The van der Waals surface area contributed by atoms with Gasteiger partial charge in [-0.25, -0.2) is 9.50 Å². The number of aryl methyl sites for hydroxylation is 3. The van der Waals surface area contributed by atoms with Gasteiger partial charge in [0, 0.05) is 17.4 Å². The van der Waals surface area contributed by atoms with Crippen LogP contribution in [0.2, 0.25) is 0 Å². The number of aromatic nitrogens is 3. The molecular formula is C26H28N4O3. The molecule has 7 heteroatoms. The van der Waals surface area contributed by atoms with Gasteiger partial charge in [-0.3, -0.25) is 4.79 Å². The highest BCUT2D eigenvalue weighted by Gasteiger charge is 2.20. The molecular weight excluding hydrogens is 416 g/mol. The van der Waals surface area contributed by atoms with E-state index in [9.17, 15) is 4.79 Å². The minimum Gasteiger partial charge on any atom is -0.490 e. The Kier molecular flexibility index (Phi) is 6.31. The van der Waals surface area contributed by atoms with Crippen LogP contribution < -0.4 is 14.8 Å². The maximum absolute atomic E-state index is 12.9. The Morgan fingerprint density at radius 1 is 0.970 bits per heavy atom. The first-order valence-electron chi connectivity index (χ1n) is 11.1. The fraction of sp³-hybridized carbons (Fsp3) is 0.269. The molecule has 0 radical (unpaired) electrons. The van der Waals surface area contributed by atoms with Crippen LogP contribution in [0, 0.1) is 20.8 Å². The van der Waals surface area contributed by atoms with Crippen molar-refractivity contribution in [2.24, 2.45) is 0 Å². The van der Waals surface area contributed by atoms with Gasteiger partial charge in [0.05, 0.1) is 30.2 Å². The molecule has 0 atom stereocenters. The van der Waals surface area contributed by atoms with Gasteiger partial charge in [-0.1, -0.05) is 23.8 Å². The second-order valence-electron chi connectivity index (χ2n) is 7.80. The van der Waals surface area contributed by atoms with Crippen LogP contribution in [0.5, 0.6) is 11.5 Å². The van der Waals surface area contributed by atoms with Crippen molar-refractivity contribution in [2.45, 2.75) is 34.6 Å². The minimum absolute atomic E-state index is 0.222. The highest BCUT2D eigenvalue weighted by molar-refractivity contribution is 6.05. The molecule has 2 aromatic carbocycles. The first-order valence-corrected chi connectivity index (χ1v) is 11.1. The van der Waals surface area contributed by atoms with Gasteiger partial charge in [0.25, 0.3) is 5.91 Å². The Morgan fingerprint density at radius 3 is 2.36 bits per heavy atom. The maximum atomic E-state index is 12.9. The molecule has 33 heavy (non-hydrogen) atoms. The Balaban J connectivity index is 1.73. The Bertz CT molecular complexity index is 1310. The first-order chi connectivity index (χ1) is 15.9. The molecule has 0 unspecified atom stereocenters. The van der Waals surface area contributed by atoms with Gasteiger partial charge >= 0.3 is 0 Å². The summed E-state index contributed by atoms with van der Waals surface area (Å²) in [5.41, 5.74) is 6.38. The van der Waals surface area contributed by atoms with Gasteiger partial charge in [-0.15, -0.1) is 0 Å². The number of hydrogen-bond donors (Lipinski definition) is 1. The van der Waals surface area contributed by atoms with E-state index < -0.39 is 0 Å². The Morgan fingerprint density at radius 2 is 1.67 bits per heavy atom. The van der Waals surface area contributed by atoms with Crippen molar-refractivity contribution in [1.29, 1.82) is 0 Å². The van der Waals surface area contributed by atoms with E-state index in [-0.39, 0.29) is 5.91 Å². The second kappa shape index (κ2) is 9.32. The van der Waals surface area contributed by atoms with E-state index in [1.165, 1.54) is 0 Å². The van der Waals surface area contributed by atoms with Crippen LogP contribution in [0.15, 0.2) is 48.7 Å². The van der Waals surface area contributed by atoms with Crippen molar-refractivity contribution in [1.82, 2.24) is 14.6 Å². The van der Waals surface area contributed by atoms with Crippen LogP contribution in [-0.4, -0.2) is 33.7 Å². The molecule has 2 aromatic heterocycles. The lowest BCUT2D eigenvalue weighted by Crippen LogP contribution is -2.16. The summed E-state index contributed by atoms with van der Waals surface area (Å²) in [6.07, 6.45) is 1.61. The summed E-state index contributed by atoms with van der Waals surface area (Å²) in [4.78, 5) is 17.5. The molecule has 4 aromatic rings. The zero-order valence-electron chi connectivity index (χ0n) is 19.6. The standard InChI is InChI=1S/C26H28N4O3/c1-6-32-22-13-10-19(14-23(22)33-7-2)24-17(4)29-30-18(5)21(15-27-25(24)30)26(31)28-20-11-8-16(3)9-12-20/h8-15H,6-7H2,1-5H3,(H,28,31). The molecule has 0 aliphatic carbocycles. The van der Waals surface area contributed by atoms with Crippen molar-refractivity contribution in [2.75, 3.05) is 18.5 Å². The zero-order valence-corrected chi connectivity index (χ0v) is 19.6. The van der Waals surface area contributed by atoms with Crippen LogP contribution in [0.3, 0.4) is 0 Å². The Hall–Kier alpha value is -3.87. The molecule has 0 saturated heterocycles. The van der Waals surface area contributed by atoms with Crippen LogP contribution in [0.1, 0.15) is 41.2 Å². The molecule has 1 amide bonds. The van der Waals surface area contributed by atoms with E-state index in [0.717, 1.165) is 33.8 Å². The molecule has 0 fully saturated rings. The molecule has 0 saturated carbocycles. The number of benzene rings is 2. The van der Waals surface area contributed by atoms with E-state index in [4.69, 9.17) is 9.47 Å². The summed E-state index contributed by atoms with van der Waals surface area (Å²) in [7, 11) is 0. The number of ether oxygens (including phenoxy) is 2. The van der Waals surface area contributed by atoms with E-state index in [2.05, 4.69) is 15.4 Å². The topological polar surface area (TPSA) is 77.8 Å². The lowest BCUT2D eigenvalue weighted by atomic mass is 10.1. The fourth-order valence-corrected chi connectivity index (χ4v) is 3.80. The SMILES string of the molecule is CCOc1ccc(-c2c(C)nn3c(C)c(C(=O)Nc4ccc(C)cc4)cnc23)cc1OCC. The Labute approximate surface area is 193 Å². The molecule has 1 N–H and O–H groups in total. The normalized spacial score (nSPS) is 10.9. The van der Waals surface area contributed by atoms with Gasteiger partial charge in [0.2, 0.25) is 0 Å². The van der Waals surface area contributed by atoms with Crippen molar-refractivity contribution >= 4 is 17.2 Å². The number of fused-ring (bicyclic) bond motifs is 1. The first kappa shape index (κ1) is 22.3. The van der Waals surface area contributed by atoms with Crippen molar-refractivity contribution in [3.05, 3.63) is 71.2 Å². The third-order valence-electron chi connectivity index (χ3n) is 5.45. The summed E-state index contributed by atoms with van der Waals surface area (Å²) >= 11 is 0. The molecule has 0 spiro atoms. The van der Waals surface area contributed by atoms with Gasteiger partial charge in [-0.05, 0) is 64.4 Å². The van der Waals surface area contributed by atoms with E-state index in [0.29, 0.717) is 35.9 Å². The van der Waals surface area contributed by atoms with Crippen molar-refractivity contribution < 1.29 is 14.3 Å². The predicted octanol–water partition coefficient (Wildman–Crippen LogP) is 5.37. The molecule has 0 aliphatic heterocycles. The van der Waals surface area contributed by atoms with Crippen LogP contribution in [0.4, 0.5) is 5.69 Å². The number of nitrogens with zero attached hydrogens (tertiary/aromatic N) is 3. The molecule has 170 valence electrons. The summed E-state index contributed by atoms with van der Waals surface area (Å²) in [6.45, 7) is 10.8. The molecule has 0 aliphatic rings. The highest BCUT2D eigenvalue weighted by Crippen LogP contribution is 2.36. The number of amides is 1. The van der Waals surface area contributed by atoms with Crippen LogP contribution >= 0.6 is 0 Å². The summed E-state index contributed by atoms with van der Waals surface area (Å²) in [6, 6.07) is 13.5. The lowest BCUT2D eigenvalue weighted by Gasteiger charge is -2.12. The molecule has 7 nitrogen and oxygen atoms in total. The maximum Gasteiger partial charge on any atom is 0.259 e. The highest BCUT2D eigenvalue weighted by atomic mass is 16.5. The average molecular weight is 445 g/mol. The number of carbonyl (C=O) groups is 1. The van der Waals surface area contributed by atoms with Crippen molar-refractivity contribution in [3.8, 4) is 22.6 Å². The number of nitrogens with one attached hydrogen (secondary N) is 1. The fourth-order valence-electron chi connectivity index (χ4n) is 3.80. The van der Waals surface area contributed by atoms with Gasteiger partial charge < -0.3 is 14.8 Å². The molecule has 2 heterocycles. The summed E-state index contributed by atoms with van der Waals surface area (Å²) < 4.78 is 13.2. The zero-order chi connectivity index (χ0) is 23.5.